The Labute approximate surface area is 245 Å². The molecule has 0 unspecified atom stereocenters. The first-order chi connectivity index (χ1) is 20.2. The van der Waals surface area contributed by atoms with Gasteiger partial charge in [-0.1, -0.05) is 11.8 Å². The highest BCUT2D eigenvalue weighted by molar-refractivity contribution is 7.97. The molecule has 4 aromatic rings. The molecule has 0 saturated heterocycles. The summed E-state index contributed by atoms with van der Waals surface area (Å²) in [5, 5.41) is 0. The molecule has 0 fully saturated rings. The molecule has 4 rings (SSSR count). The molecule has 0 heterocycles. The molecule has 0 N–H and O–H groups in total. The molecule has 222 valence electrons. The minimum absolute atomic E-state index is 0.152. The molecule has 3 nitrogen and oxygen atoms in total. The number of carbonyl (C=O) groups is 1. The second kappa shape index (κ2) is 12.8. The van der Waals surface area contributed by atoms with Crippen LogP contribution in [0, 0.1) is 35.1 Å². The van der Waals surface area contributed by atoms with Crippen LogP contribution in [0.4, 0.5) is 30.7 Å². The van der Waals surface area contributed by atoms with Crippen molar-refractivity contribution in [2.24, 2.45) is 0 Å². The van der Waals surface area contributed by atoms with Gasteiger partial charge in [0.15, 0.2) is 26.9 Å². The average Bonchev–Trinajstić information content (AvgIpc) is 2.90. The van der Waals surface area contributed by atoms with Gasteiger partial charge in [-0.2, -0.15) is 13.2 Å². The van der Waals surface area contributed by atoms with Gasteiger partial charge in [0.1, 0.15) is 29.0 Å². The normalized spacial score (nSPS) is 11.6. The topological polar surface area (TPSA) is 35.5 Å². The van der Waals surface area contributed by atoms with E-state index in [0.717, 1.165) is 36.4 Å². The quantitative estimate of drug-likeness (QED) is 0.0908. The summed E-state index contributed by atoms with van der Waals surface area (Å²) >= 11 is 0. The Kier molecular flexibility index (Phi) is 9.40. The summed E-state index contributed by atoms with van der Waals surface area (Å²) in [6.07, 6.45) is -4.47. The van der Waals surface area contributed by atoms with Crippen molar-refractivity contribution >= 4 is 16.9 Å². The number of rotatable bonds is 7. The second-order valence-electron chi connectivity index (χ2n) is 9.59. The highest BCUT2D eigenvalue weighted by atomic mass is 32.2. The molecule has 0 amide bonds. The molecule has 11 heteroatoms. The lowest BCUT2D eigenvalue weighted by atomic mass is 10.1. The zero-order valence-corrected chi connectivity index (χ0v) is 23.4. The summed E-state index contributed by atoms with van der Waals surface area (Å²) in [6.45, 7) is 2.49. The zero-order chi connectivity index (χ0) is 31.4. The van der Waals surface area contributed by atoms with Gasteiger partial charge in [-0.3, -0.25) is 0 Å². The Morgan fingerprint density at radius 2 is 1.21 bits per heavy atom. The number of hydrogen-bond acceptors (Lipinski definition) is 3. The van der Waals surface area contributed by atoms with Gasteiger partial charge in [-0.05, 0) is 62.4 Å². The molecule has 0 radical (unpaired) electrons. The van der Waals surface area contributed by atoms with Gasteiger partial charge in [-0.25, -0.2) is 22.4 Å². The molecule has 0 atom stereocenters. The SMILES string of the molecule is CC(C)(C#Cc1ccc(C(F)(F)F)cc1)OC(=O)COc1ccc([S+](c2cc(F)cc(F)c2)c2cc(F)cc(F)c2)cc1. The molecule has 0 bridgehead atoms. The fourth-order valence-electron chi connectivity index (χ4n) is 3.82. The molecule has 43 heavy (non-hydrogen) atoms. The van der Waals surface area contributed by atoms with Crippen LogP contribution in [-0.4, -0.2) is 18.2 Å². The Balaban J connectivity index is 1.44. The third-order valence-corrected chi connectivity index (χ3v) is 7.81. The van der Waals surface area contributed by atoms with Crippen molar-refractivity contribution in [1.82, 2.24) is 0 Å². The largest absolute Gasteiger partial charge is 0.482 e. The summed E-state index contributed by atoms with van der Waals surface area (Å²) in [6, 6.07) is 15.9. The summed E-state index contributed by atoms with van der Waals surface area (Å²) in [4.78, 5) is 13.2. The predicted molar refractivity (Wildman–Crippen MR) is 145 cm³/mol. The van der Waals surface area contributed by atoms with Gasteiger partial charge in [0.25, 0.3) is 0 Å². The van der Waals surface area contributed by atoms with Crippen LogP contribution in [0.15, 0.2) is 99.6 Å². The maximum atomic E-state index is 14.0. The molecule has 0 aliphatic carbocycles. The second-order valence-corrected chi connectivity index (χ2v) is 11.6. The van der Waals surface area contributed by atoms with Gasteiger partial charge in [0.05, 0.1) is 16.5 Å². The van der Waals surface area contributed by atoms with E-state index in [1.807, 2.05) is 0 Å². The van der Waals surface area contributed by atoms with E-state index < -0.39 is 64.1 Å². The van der Waals surface area contributed by atoms with Crippen LogP contribution in [0.25, 0.3) is 0 Å². The van der Waals surface area contributed by atoms with Crippen molar-refractivity contribution < 1.29 is 45.0 Å². The standard InChI is InChI=1S/C32H22F7O3S/c1-31(2,12-11-20-3-5-21(6-4-20)32(37,38)39)42-30(40)19-41-26-7-9-27(10-8-26)43(28-15-22(33)13-23(34)16-28)29-17-24(35)14-25(36)18-29/h3-10,13-18H,19H2,1-2H3/q+1. The first kappa shape index (κ1) is 31.5. The minimum Gasteiger partial charge on any atom is -0.482 e. The van der Waals surface area contributed by atoms with E-state index in [1.54, 1.807) is 0 Å². The first-order valence-electron chi connectivity index (χ1n) is 12.5. The molecule has 0 aliphatic rings. The Bertz CT molecular complexity index is 1580. The van der Waals surface area contributed by atoms with E-state index in [4.69, 9.17) is 9.47 Å². The van der Waals surface area contributed by atoms with Crippen LogP contribution in [0.2, 0.25) is 0 Å². The van der Waals surface area contributed by atoms with E-state index in [-0.39, 0.29) is 15.5 Å². The predicted octanol–water partition coefficient (Wildman–Crippen LogP) is 8.11. The van der Waals surface area contributed by atoms with Crippen molar-refractivity contribution in [3.05, 3.63) is 119 Å². The number of halogens is 7. The lowest BCUT2D eigenvalue weighted by molar-refractivity contribution is -0.154. The molecule has 0 saturated carbocycles. The van der Waals surface area contributed by atoms with E-state index in [9.17, 15) is 35.5 Å². The van der Waals surface area contributed by atoms with Crippen molar-refractivity contribution in [2.45, 2.75) is 40.3 Å². The van der Waals surface area contributed by atoms with Crippen LogP contribution in [0.3, 0.4) is 0 Å². The van der Waals surface area contributed by atoms with E-state index >= 15 is 0 Å². The monoisotopic (exact) mass is 619 g/mol. The van der Waals surface area contributed by atoms with Crippen LogP contribution < -0.4 is 4.74 Å². The van der Waals surface area contributed by atoms with Gasteiger partial charge in [0.2, 0.25) is 0 Å². The maximum absolute atomic E-state index is 14.0. The van der Waals surface area contributed by atoms with Crippen LogP contribution >= 0.6 is 0 Å². The minimum atomic E-state index is -4.47. The molecule has 4 aromatic carbocycles. The Morgan fingerprint density at radius 1 is 0.721 bits per heavy atom. The van der Waals surface area contributed by atoms with Crippen molar-refractivity contribution in [3.8, 4) is 17.6 Å². The lowest BCUT2D eigenvalue weighted by Gasteiger charge is -2.19. The zero-order valence-electron chi connectivity index (χ0n) is 22.6. The number of esters is 1. The number of carbonyl (C=O) groups excluding carboxylic acids is 1. The smallest absolute Gasteiger partial charge is 0.416 e. The Hall–Kier alpha value is -4.43. The highest BCUT2D eigenvalue weighted by Crippen LogP contribution is 2.34. The van der Waals surface area contributed by atoms with Crippen LogP contribution in [-0.2, 0) is 26.6 Å². The number of alkyl halides is 3. The van der Waals surface area contributed by atoms with Crippen molar-refractivity contribution in [2.75, 3.05) is 6.61 Å². The molecule has 0 aliphatic heterocycles. The highest BCUT2D eigenvalue weighted by Gasteiger charge is 2.32. The molecule has 0 aromatic heterocycles. The summed E-state index contributed by atoms with van der Waals surface area (Å²) < 4.78 is 105. The average molecular weight is 620 g/mol. The third kappa shape index (κ3) is 8.78. The summed E-state index contributed by atoms with van der Waals surface area (Å²) in [7, 11) is -1.29. The molecular weight excluding hydrogens is 597 g/mol. The fourth-order valence-corrected chi connectivity index (χ4v) is 5.97. The third-order valence-electron chi connectivity index (χ3n) is 5.65. The van der Waals surface area contributed by atoms with Crippen molar-refractivity contribution in [1.29, 1.82) is 0 Å². The Morgan fingerprint density at radius 3 is 1.67 bits per heavy atom. The van der Waals surface area contributed by atoms with Crippen molar-refractivity contribution in [3.63, 3.8) is 0 Å². The fraction of sp³-hybridized carbons (Fsp3) is 0.156. The van der Waals surface area contributed by atoms with E-state index in [0.29, 0.717) is 22.6 Å². The number of hydrogen-bond donors (Lipinski definition) is 0. The first-order valence-corrected chi connectivity index (χ1v) is 13.7. The van der Waals surface area contributed by atoms with E-state index in [1.165, 1.54) is 50.2 Å². The number of ether oxygens (including phenoxy) is 2. The van der Waals surface area contributed by atoms with Gasteiger partial charge in [-0.15, -0.1) is 0 Å². The van der Waals surface area contributed by atoms with Crippen LogP contribution in [0.1, 0.15) is 25.0 Å². The van der Waals surface area contributed by atoms with E-state index in [2.05, 4.69) is 11.8 Å². The lowest BCUT2D eigenvalue weighted by Crippen LogP contribution is -2.29. The van der Waals surface area contributed by atoms with Gasteiger partial charge >= 0.3 is 12.1 Å². The summed E-state index contributed by atoms with van der Waals surface area (Å²) in [5.74, 6) is 1.41. The van der Waals surface area contributed by atoms with Gasteiger partial charge < -0.3 is 9.47 Å². The van der Waals surface area contributed by atoms with Crippen LogP contribution in [0.5, 0.6) is 5.75 Å². The maximum Gasteiger partial charge on any atom is 0.416 e. The molecule has 0 spiro atoms. The summed E-state index contributed by atoms with van der Waals surface area (Å²) in [5.41, 5.74) is -1.80. The number of benzene rings is 4. The molecular formula is C32H22F7O3S+. The van der Waals surface area contributed by atoms with Gasteiger partial charge in [0, 0.05) is 42.0 Å².